The predicted octanol–water partition coefficient (Wildman–Crippen LogP) is 2.18. The molecule has 0 radical (unpaired) electrons. The highest BCUT2D eigenvalue weighted by Gasteiger charge is 2.16. The summed E-state index contributed by atoms with van der Waals surface area (Å²) in [6.45, 7) is 3.89. The molecule has 18 heavy (non-hydrogen) atoms. The van der Waals surface area contributed by atoms with Crippen molar-refractivity contribution in [2.45, 2.75) is 26.3 Å². The number of aromatic hydroxyl groups is 1. The van der Waals surface area contributed by atoms with E-state index in [1.54, 1.807) is 0 Å². The number of phenolic OH excluding ortho intramolecular Hbond substituents is 1. The van der Waals surface area contributed by atoms with Crippen LogP contribution in [0.4, 0.5) is 0 Å². The summed E-state index contributed by atoms with van der Waals surface area (Å²) < 4.78 is 0. The highest BCUT2D eigenvalue weighted by molar-refractivity contribution is 6.30. The minimum Gasteiger partial charge on any atom is -0.507 e. The van der Waals surface area contributed by atoms with Gasteiger partial charge in [-0.25, -0.2) is 0 Å². The highest BCUT2D eigenvalue weighted by atomic mass is 35.5. The van der Waals surface area contributed by atoms with Crippen molar-refractivity contribution >= 4 is 17.5 Å². The molecule has 1 rings (SSSR count). The molecule has 0 heterocycles. The Kier molecular flexibility index (Phi) is 5.44. The van der Waals surface area contributed by atoms with Gasteiger partial charge in [0.1, 0.15) is 5.75 Å². The van der Waals surface area contributed by atoms with Crippen LogP contribution in [-0.2, 0) is 0 Å². The third kappa shape index (κ3) is 4.20. The second-order valence-electron chi connectivity index (χ2n) is 4.64. The van der Waals surface area contributed by atoms with Crippen molar-refractivity contribution in [2.24, 2.45) is 5.92 Å². The summed E-state index contributed by atoms with van der Waals surface area (Å²) in [7, 11) is 0. The first-order valence-corrected chi connectivity index (χ1v) is 6.22. The molecule has 1 aromatic rings. The third-order valence-electron chi connectivity index (χ3n) is 2.52. The largest absolute Gasteiger partial charge is 0.507 e. The van der Waals surface area contributed by atoms with Gasteiger partial charge in [0.25, 0.3) is 5.91 Å². The van der Waals surface area contributed by atoms with Crippen LogP contribution in [-0.4, -0.2) is 28.8 Å². The normalized spacial score (nSPS) is 12.5. The fourth-order valence-electron chi connectivity index (χ4n) is 1.71. The van der Waals surface area contributed by atoms with Gasteiger partial charge in [-0.2, -0.15) is 0 Å². The van der Waals surface area contributed by atoms with Crippen molar-refractivity contribution < 1.29 is 15.0 Å². The first-order valence-electron chi connectivity index (χ1n) is 5.84. The zero-order chi connectivity index (χ0) is 13.7. The summed E-state index contributed by atoms with van der Waals surface area (Å²) in [6.07, 6.45) is 0.677. The number of hydrogen-bond acceptors (Lipinski definition) is 3. The number of benzene rings is 1. The maximum atomic E-state index is 11.9. The van der Waals surface area contributed by atoms with Gasteiger partial charge in [0.05, 0.1) is 18.2 Å². The number of carbonyl (C=O) groups is 1. The monoisotopic (exact) mass is 271 g/mol. The third-order valence-corrected chi connectivity index (χ3v) is 2.75. The van der Waals surface area contributed by atoms with Crippen molar-refractivity contribution in [3.05, 3.63) is 28.8 Å². The zero-order valence-corrected chi connectivity index (χ0v) is 11.2. The number of nitrogens with one attached hydrogen (secondary N) is 1. The zero-order valence-electron chi connectivity index (χ0n) is 10.5. The Labute approximate surface area is 112 Å². The molecule has 5 heteroatoms. The molecule has 0 aliphatic carbocycles. The number of carbonyl (C=O) groups excluding carboxylic acids is 1. The van der Waals surface area contributed by atoms with E-state index in [4.69, 9.17) is 11.6 Å². The summed E-state index contributed by atoms with van der Waals surface area (Å²) >= 11 is 5.69. The Bertz CT molecular complexity index is 421. The van der Waals surface area contributed by atoms with E-state index in [1.807, 2.05) is 13.8 Å². The first kappa shape index (κ1) is 14.8. The van der Waals surface area contributed by atoms with E-state index >= 15 is 0 Å². The average Bonchev–Trinajstić information content (AvgIpc) is 2.27. The average molecular weight is 272 g/mol. The molecule has 0 saturated carbocycles. The van der Waals surface area contributed by atoms with E-state index < -0.39 is 5.91 Å². The topological polar surface area (TPSA) is 69.6 Å². The molecule has 0 saturated heterocycles. The summed E-state index contributed by atoms with van der Waals surface area (Å²) in [6, 6.07) is 3.99. The van der Waals surface area contributed by atoms with Gasteiger partial charge in [-0.15, -0.1) is 0 Å². The molecule has 0 spiro atoms. The van der Waals surface area contributed by atoms with Gasteiger partial charge >= 0.3 is 0 Å². The van der Waals surface area contributed by atoms with E-state index in [9.17, 15) is 15.0 Å². The lowest BCUT2D eigenvalue weighted by Crippen LogP contribution is -2.38. The number of amides is 1. The maximum Gasteiger partial charge on any atom is 0.255 e. The van der Waals surface area contributed by atoms with Crippen molar-refractivity contribution in [3.63, 3.8) is 0 Å². The van der Waals surface area contributed by atoms with Crippen molar-refractivity contribution in [3.8, 4) is 5.75 Å². The van der Waals surface area contributed by atoms with E-state index in [2.05, 4.69) is 5.32 Å². The molecule has 0 aromatic heterocycles. The quantitative estimate of drug-likeness (QED) is 0.769. The number of phenols is 1. The van der Waals surface area contributed by atoms with Crippen molar-refractivity contribution in [1.82, 2.24) is 5.32 Å². The van der Waals surface area contributed by atoms with Crippen molar-refractivity contribution in [2.75, 3.05) is 6.61 Å². The lowest BCUT2D eigenvalue weighted by Gasteiger charge is -2.18. The predicted molar refractivity (Wildman–Crippen MR) is 70.9 cm³/mol. The smallest absolute Gasteiger partial charge is 0.255 e. The maximum absolute atomic E-state index is 11.9. The second kappa shape index (κ2) is 6.61. The standard InChI is InChI=1S/C13H18ClNO3/c1-8(2)5-10(7-16)15-13(18)11-4-3-9(14)6-12(11)17/h3-4,6,8,10,16-17H,5,7H2,1-2H3,(H,15,18). The molecule has 0 aliphatic rings. The minimum atomic E-state index is -0.413. The van der Waals surface area contributed by atoms with Crippen LogP contribution in [0.25, 0.3) is 0 Å². The van der Waals surface area contributed by atoms with Gasteiger partial charge in [-0.1, -0.05) is 25.4 Å². The Morgan fingerprint density at radius 3 is 2.61 bits per heavy atom. The van der Waals surface area contributed by atoms with E-state index in [0.717, 1.165) is 0 Å². The molecule has 1 unspecified atom stereocenters. The van der Waals surface area contributed by atoms with Gasteiger partial charge in [0.2, 0.25) is 0 Å². The molecule has 100 valence electrons. The Morgan fingerprint density at radius 1 is 1.44 bits per heavy atom. The van der Waals surface area contributed by atoms with Crippen molar-refractivity contribution in [1.29, 1.82) is 0 Å². The van der Waals surface area contributed by atoms with Crippen LogP contribution < -0.4 is 5.32 Å². The summed E-state index contributed by atoms with van der Waals surface area (Å²) in [5.41, 5.74) is 0.154. The van der Waals surface area contributed by atoms with Crippen LogP contribution in [0.15, 0.2) is 18.2 Å². The minimum absolute atomic E-state index is 0.127. The number of hydrogen-bond donors (Lipinski definition) is 3. The lowest BCUT2D eigenvalue weighted by atomic mass is 10.0. The Morgan fingerprint density at radius 2 is 2.11 bits per heavy atom. The summed E-state index contributed by atoms with van der Waals surface area (Å²) in [5, 5.41) is 21.9. The van der Waals surface area contributed by atoms with Gasteiger partial charge in [-0.3, -0.25) is 4.79 Å². The van der Waals surface area contributed by atoms with Gasteiger partial charge in [-0.05, 0) is 30.5 Å². The van der Waals surface area contributed by atoms with E-state index in [0.29, 0.717) is 17.4 Å². The number of aliphatic hydroxyl groups excluding tert-OH is 1. The second-order valence-corrected chi connectivity index (χ2v) is 5.08. The summed E-state index contributed by atoms with van der Waals surface area (Å²) in [4.78, 5) is 11.9. The van der Waals surface area contributed by atoms with Crippen LogP contribution in [0.1, 0.15) is 30.6 Å². The van der Waals surface area contributed by atoms with E-state index in [-0.39, 0.29) is 24.0 Å². The molecule has 1 amide bonds. The molecule has 1 aromatic carbocycles. The highest BCUT2D eigenvalue weighted by Crippen LogP contribution is 2.22. The van der Waals surface area contributed by atoms with Crippen LogP contribution in [0.2, 0.25) is 5.02 Å². The van der Waals surface area contributed by atoms with E-state index in [1.165, 1.54) is 18.2 Å². The van der Waals surface area contributed by atoms with Crippen LogP contribution in [0.3, 0.4) is 0 Å². The van der Waals surface area contributed by atoms with Gasteiger partial charge in [0.15, 0.2) is 0 Å². The Balaban J connectivity index is 2.74. The van der Waals surface area contributed by atoms with Crippen LogP contribution in [0.5, 0.6) is 5.75 Å². The lowest BCUT2D eigenvalue weighted by molar-refractivity contribution is 0.0905. The molecule has 0 aliphatic heterocycles. The van der Waals surface area contributed by atoms with Crippen LogP contribution in [0, 0.1) is 5.92 Å². The molecular formula is C13H18ClNO3. The molecule has 0 bridgehead atoms. The molecular weight excluding hydrogens is 254 g/mol. The van der Waals surface area contributed by atoms with Gasteiger partial charge < -0.3 is 15.5 Å². The molecule has 1 atom stereocenters. The number of rotatable bonds is 5. The SMILES string of the molecule is CC(C)CC(CO)NC(=O)c1ccc(Cl)cc1O. The number of aliphatic hydroxyl groups is 1. The van der Waals surface area contributed by atoms with Gasteiger partial charge in [0, 0.05) is 5.02 Å². The fraction of sp³-hybridized carbons (Fsp3) is 0.462. The number of halogens is 1. The Hall–Kier alpha value is -1.26. The molecule has 3 N–H and O–H groups in total. The molecule has 4 nitrogen and oxygen atoms in total. The molecule has 0 fully saturated rings. The fourth-order valence-corrected chi connectivity index (χ4v) is 1.87. The van der Waals surface area contributed by atoms with Crippen LogP contribution >= 0.6 is 11.6 Å². The summed E-state index contributed by atoms with van der Waals surface area (Å²) in [5.74, 6) is -0.216. The first-order chi connectivity index (χ1) is 8.43.